The highest BCUT2D eigenvalue weighted by atomic mass is 16.6. The molecule has 3 rings (SSSR count). The maximum Gasteiger partial charge on any atom is 0.338 e. The number of carbonyl (C=O) groups is 2. The first-order valence-corrected chi connectivity index (χ1v) is 9.13. The minimum Gasteiger partial charge on any atom is -0.478 e. The number of hydrogen-bond donors (Lipinski definition) is 1. The number of carboxylic acid groups (broad SMARTS) is 1. The van der Waals surface area contributed by atoms with Gasteiger partial charge in [-0.2, -0.15) is 5.10 Å². The average Bonchev–Trinajstić information content (AvgIpc) is 3.17. The highest BCUT2D eigenvalue weighted by Gasteiger charge is 2.27. The summed E-state index contributed by atoms with van der Waals surface area (Å²) in [5, 5.41) is 24.5. The lowest BCUT2D eigenvalue weighted by molar-refractivity contribution is -0.385. The molecule has 0 saturated carbocycles. The number of likely N-dealkylation sites (tertiary alicyclic amines) is 1. The van der Waals surface area contributed by atoms with E-state index in [0.717, 1.165) is 0 Å². The van der Waals surface area contributed by atoms with Gasteiger partial charge in [0, 0.05) is 36.5 Å². The molecule has 0 bridgehead atoms. The van der Waals surface area contributed by atoms with Gasteiger partial charge in [-0.3, -0.25) is 19.6 Å². The van der Waals surface area contributed by atoms with E-state index in [2.05, 4.69) is 5.10 Å². The largest absolute Gasteiger partial charge is 0.478 e. The third-order valence-corrected chi connectivity index (χ3v) is 5.07. The molecule has 1 N–H and O–H groups in total. The Morgan fingerprint density at radius 1 is 1.25 bits per heavy atom. The SMILES string of the molecule is CC(C)c1ccc(C(=O)N2CCC(n3cc(C(=O)O)cn3)CC2)cc1[N+](=O)[O-]. The summed E-state index contributed by atoms with van der Waals surface area (Å²) >= 11 is 0. The predicted molar refractivity (Wildman–Crippen MR) is 101 cm³/mol. The first-order chi connectivity index (χ1) is 13.3. The topological polar surface area (TPSA) is 119 Å². The molecule has 1 aromatic carbocycles. The fourth-order valence-corrected chi connectivity index (χ4v) is 3.49. The van der Waals surface area contributed by atoms with Crippen molar-refractivity contribution in [3.8, 4) is 0 Å². The number of nitrogens with zero attached hydrogens (tertiary/aromatic N) is 4. The molecule has 28 heavy (non-hydrogen) atoms. The lowest BCUT2D eigenvalue weighted by Gasteiger charge is -2.32. The van der Waals surface area contributed by atoms with Crippen LogP contribution >= 0.6 is 0 Å². The quantitative estimate of drug-likeness (QED) is 0.623. The zero-order valence-corrected chi connectivity index (χ0v) is 15.7. The molecule has 0 spiro atoms. The van der Waals surface area contributed by atoms with Crippen molar-refractivity contribution in [3.05, 3.63) is 57.4 Å². The van der Waals surface area contributed by atoms with Crippen LogP contribution in [0.15, 0.2) is 30.6 Å². The molecule has 2 heterocycles. The molecule has 0 radical (unpaired) electrons. The first kappa shape index (κ1) is 19.5. The number of aromatic nitrogens is 2. The Morgan fingerprint density at radius 3 is 2.46 bits per heavy atom. The van der Waals surface area contributed by atoms with Crippen molar-refractivity contribution < 1.29 is 19.6 Å². The van der Waals surface area contributed by atoms with Crippen LogP contribution in [0.5, 0.6) is 0 Å². The maximum absolute atomic E-state index is 12.8. The summed E-state index contributed by atoms with van der Waals surface area (Å²) in [7, 11) is 0. The number of hydrogen-bond acceptors (Lipinski definition) is 5. The third kappa shape index (κ3) is 3.88. The van der Waals surface area contributed by atoms with Crippen molar-refractivity contribution >= 4 is 17.6 Å². The number of nitro benzene ring substituents is 1. The van der Waals surface area contributed by atoms with E-state index in [9.17, 15) is 19.7 Å². The van der Waals surface area contributed by atoms with E-state index in [1.54, 1.807) is 21.7 Å². The summed E-state index contributed by atoms with van der Waals surface area (Å²) in [6.07, 6.45) is 4.09. The highest BCUT2D eigenvalue weighted by Crippen LogP contribution is 2.29. The van der Waals surface area contributed by atoms with Crippen molar-refractivity contribution in [1.29, 1.82) is 0 Å². The van der Waals surface area contributed by atoms with Crippen LogP contribution in [0, 0.1) is 10.1 Å². The van der Waals surface area contributed by atoms with E-state index in [-0.39, 0.29) is 29.1 Å². The van der Waals surface area contributed by atoms with Crippen LogP contribution < -0.4 is 0 Å². The van der Waals surface area contributed by atoms with E-state index in [4.69, 9.17) is 5.11 Å². The number of carbonyl (C=O) groups excluding carboxylic acids is 1. The highest BCUT2D eigenvalue weighted by molar-refractivity contribution is 5.95. The third-order valence-electron chi connectivity index (χ3n) is 5.07. The van der Waals surface area contributed by atoms with Gasteiger partial charge in [-0.05, 0) is 24.8 Å². The van der Waals surface area contributed by atoms with Crippen LogP contribution in [0.2, 0.25) is 0 Å². The molecular weight excluding hydrogens is 364 g/mol. The van der Waals surface area contributed by atoms with Gasteiger partial charge in [0.2, 0.25) is 0 Å². The van der Waals surface area contributed by atoms with Crippen LogP contribution in [0.1, 0.15) is 64.9 Å². The van der Waals surface area contributed by atoms with Crippen molar-refractivity contribution in [1.82, 2.24) is 14.7 Å². The Bertz CT molecular complexity index is 913. The summed E-state index contributed by atoms with van der Waals surface area (Å²) in [4.78, 5) is 36.4. The monoisotopic (exact) mass is 386 g/mol. The van der Waals surface area contributed by atoms with Crippen molar-refractivity contribution in [2.24, 2.45) is 0 Å². The first-order valence-electron chi connectivity index (χ1n) is 9.13. The van der Waals surface area contributed by atoms with Crippen LogP contribution in [0.3, 0.4) is 0 Å². The lowest BCUT2D eigenvalue weighted by atomic mass is 9.98. The van der Waals surface area contributed by atoms with E-state index in [0.29, 0.717) is 37.1 Å². The Morgan fingerprint density at radius 2 is 1.93 bits per heavy atom. The van der Waals surface area contributed by atoms with Gasteiger partial charge in [0.05, 0.1) is 22.7 Å². The van der Waals surface area contributed by atoms with Crippen molar-refractivity contribution in [2.45, 2.75) is 38.6 Å². The van der Waals surface area contributed by atoms with Gasteiger partial charge >= 0.3 is 5.97 Å². The molecule has 148 valence electrons. The lowest BCUT2D eigenvalue weighted by Crippen LogP contribution is -2.39. The van der Waals surface area contributed by atoms with Crippen LogP contribution in [0.4, 0.5) is 5.69 Å². The number of benzene rings is 1. The van der Waals surface area contributed by atoms with Gasteiger partial charge < -0.3 is 10.0 Å². The van der Waals surface area contributed by atoms with Crippen LogP contribution in [-0.2, 0) is 0 Å². The second kappa shape index (κ2) is 7.79. The number of piperidine rings is 1. The standard InChI is InChI=1S/C19H22N4O5/c1-12(2)16-4-3-13(9-17(16)23(27)28)18(24)21-7-5-15(6-8-21)22-11-14(10-20-22)19(25)26/h3-4,9-12,15H,5-8H2,1-2H3,(H,25,26). The van der Waals surface area contributed by atoms with Gasteiger partial charge in [-0.25, -0.2) is 4.79 Å². The minimum absolute atomic E-state index is 0.00920. The molecule has 1 saturated heterocycles. The number of carboxylic acids is 1. The second-order valence-corrected chi connectivity index (χ2v) is 7.22. The van der Waals surface area contributed by atoms with Gasteiger partial charge in [-0.1, -0.05) is 19.9 Å². The van der Waals surface area contributed by atoms with Gasteiger partial charge in [0.1, 0.15) is 0 Å². The molecule has 1 aromatic heterocycles. The van der Waals surface area contributed by atoms with E-state index in [1.165, 1.54) is 18.5 Å². The zero-order chi connectivity index (χ0) is 20.4. The predicted octanol–water partition coefficient (Wildman–Crippen LogP) is 3.09. The molecule has 9 heteroatoms. The van der Waals surface area contributed by atoms with Crippen LogP contribution in [0.25, 0.3) is 0 Å². The van der Waals surface area contributed by atoms with Crippen LogP contribution in [-0.4, -0.2) is 49.7 Å². The Labute approximate surface area is 161 Å². The Hall–Kier alpha value is -3.23. The Balaban J connectivity index is 1.70. The summed E-state index contributed by atoms with van der Waals surface area (Å²) < 4.78 is 1.63. The molecule has 9 nitrogen and oxygen atoms in total. The van der Waals surface area contributed by atoms with Gasteiger partial charge in [-0.15, -0.1) is 0 Å². The molecule has 1 aliphatic rings. The molecule has 2 aromatic rings. The molecule has 1 amide bonds. The second-order valence-electron chi connectivity index (χ2n) is 7.22. The normalized spacial score (nSPS) is 15.0. The van der Waals surface area contributed by atoms with Crippen molar-refractivity contribution in [2.75, 3.05) is 13.1 Å². The van der Waals surface area contributed by atoms with E-state index >= 15 is 0 Å². The van der Waals surface area contributed by atoms with Crippen molar-refractivity contribution in [3.63, 3.8) is 0 Å². The van der Waals surface area contributed by atoms with Gasteiger partial charge in [0.15, 0.2) is 0 Å². The summed E-state index contributed by atoms with van der Waals surface area (Å²) in [5.74, 6) is -1.26. The number of rotatable bonds is 5. The number of nitro groups is 1. The summed E-state index contributed by atoms with van der Waals surface area (Å²) in [6, 6.07) is 4.68. The number of aromatic carboxylic acids is 1. The molecule has 1 aliphatic heterocycles. The smallest absolute Gasteiger partial charge is 0.338 e. The summed E-state index contributed by atoms with van der Waals surface area (Å²) in [5.41, 5.74) is 1.01. The fourth-order valence-electron chi connectivity index (χ4n) is 3.49. The molecular formula is C19H22N4O5. The van der Waals surface area contributed by atoms with E-state index in [1.807, 2.05) is 13.8 Å². The Kier molecular flexibility index (Phi) is 5.43. The zero-order valence-electron chi connectivity index (χ0n) is 15.7. The van der Waals surface area contributed by atoms with E-state index < -0.39 is 10.9 Å². The minimum atomic E-state index is -1.02. The molecule has 0 atom stereocenters. The molecule has 0 unspecified atom stereocenters. The van der Waals surface area contributed by atoms with Gasteiger partial charge in [0.25, 0.3) is 11.6 Å². The average molecular weight is 386 g/mol. The fraction of sp³-hybridized carbons (Fsp3) is 0.421. The number of amides is 1. The maximum atomic E-state index is 12.8. The molecule has 1 fully saturated rings. The molecule has 0 aliphatic carbocycles. The summed E-state index contributed by atoms with van der Waals surface area (Å²) in [6.45, 7) is 4.70.